The SMILES string of the molecule is Cc1ccc(F)c(NC(=O)C2COCC2N)c1F. The summed E-state index contributed by atoms with van der Waals surface area (Å²) in [7, 11) is 0. The summed E-state index contributed by atoms with van der Waals surface area (Å²) in [5.74, 6) is -2.68. The third kappa shape index (κ3) is 2.34. The third-order valence-electron chi connectivity index (χ3n) is 2.99. The topological polar surface area (TPSA) is 64.3 Å². The molecule has 98 valence electrons. The second kappa shape index (κ2) is 4.99. The van der Waals surface area contributed by atoms with Crippen molar-refractivity contribution < 1.29 is 18.3 Å². The molecule has 1 aliphatic heterocycles. The van der Waals surface area contributed by atoms with Crippen LogP contribution >= 0.6 is 0 Å². The Morgan fingerprint density at radius 3 is 2.78 bits per heavy atom. The smallest absolute Gasteiger partial charge is 0.231 e. The fourth-order valence-electron chi connectivity index (χ4n) is 1.83. The average Bonchev–Trinajstić information content (AvgIpc) is 2.76. The minimum absolute atomic E-state index is 0.169. The lowest BCUT2D eigenvalue weighted by Gasteiger charge is -2.14. The van der Waals surface area contributed by atoms with Gasteiger partial charge in [-0.3, -0.25) is 4.79 Å². The van der Waals surface area contributed by atoms with Crippen LogP contribution in [0.4, 0.5) is 14.5 Å². The lowest BCUT2D eigenvalue weighted by Crippen LogP contribution is -2.37. The molecule has 6 heteroatoms. The number of nitrogens with two attached hydrogens (primary N) is 1. The molecule has 1 fully saturated rings. The molecule has 18 heavy (non-hydrogen) atoms. The molecule has 1 aliphatic rings. The number of carbonyl (C=O) groups excluding carboxylic acids is 1. The van der Waals surface area contributed by atoms with E-state index in [9.17, 15) is 13.6 Å². The van der Waals surface area contributed by atoms with Crippen molar-refractivity contribution in [3.8, 4) is 0 Å². The monoisotopic (exact) mass is 256 g/mol. The van der Waals surface area contributed by atoms with Gasteiger partial charge in [-0.25, -0.2) is 8.78 Å². The summed E-state index contributed by atoms with van der Waals surface area (Å²) in [6.07, 6.45) is 0. The Balaban J connectivity index is 2.19. The summed E-state index contributed by atoms with van der Waals surface area (Å²) in [4.78, 5) is 11.8. The van der Waals surface area contributed by atoms with Gasteiger partial charge in [-0.1, -0.05) is 6.07 Å². The van der Waals surface area contributed by atoms with Gasteiger partial charge in [0, 0.05) is 6.04 Å². The number of halogens is 2. The lowest BCUT2D eigenvalue weighted by atomic mass is 10.0. The first kappa shape index (κ1) is 12.9. The fourth-order valence-corrected chi connectivity index (χ4v) is 1.83. The van der Waals surface area contributed by atoms with E-state index in [1.165, 1.54) is 13.0 Å². The Hall–Kier alpha value is -1.53. The normalized spacial score (nSPS) is 23.1. The van der Waals surface area contributed by atoms with E-state index >= 15 is 0 Å². The highest BCUT2D eigenvalue weighted by Crippen LogP contribution is 2.23. The average molecular weight is 256 g/mol. The van der Waals surface area contributed by atoms with E-state index in [1.807, 2.05) is 0 Å². The molecule has 4 nitrogen and oxygen atoms in total. The van der Waals surface area contributed by atoms with E-state index in [-0.39, 0.29) is 18.8 Å². The lowest BCUT2D eigenvalue weighted by molar-refractivity contribution is -0.120. The molecule has 0 aliphatic carbocycles. The van der Waals surface area contributed by atoms with Crippen LogP contribution in [0.5, 0.6) is 0 Å². The standard InChI is InChI=1S/C12H14F2N2O2/c1-6-2-3-8(13)11(10(6)14)16-12(17)7-4-18-5-9(7)15/h2-3,7,9H,4-5,15H2,1H3,(H,16,17). The minimum atomic E-state index is -0.807. The number of amides is 1. The van der Waals surface area contributed by atoms with Crippen molar-refractivity contribution in [1.82, 2.24) is 0 Å². The van der Waals surface area contributed by atoms with Crippen LogP contribution in [0.15, 0.2) is 12.1 Å². The minimum Gasteiger partial charge on any atom is -0.379 e. The molecule has 2 atom stereocenters. The van der Waals surface area contributed by atoms with Crippen LogP contribution in [0.25, 0.3) is 0 Å². The highest BCUT2D eigenvalue weighted by Gasteiger charge is 2.32. The van der Waals surface area contributed by atoms with E-state index in [4.69, 9.17) is 10.5 Å². The first-order valence-electron chi connectivity index (χ1n) is 5.59. The molecule has 1 aromatic carbocycles. The molecular weight excluding hydrogens is 242 g/mol. The van der Waals surface area contributed by atoms with E-state index in [2.05, 4.69) is 5.32 Å². The van der Waals surface area contributed by atoms with Crippen molar-refractivity contribution in [3.05, 3.63) is 29.3 Å². The first-order chi connectivity index (χ1) is 8.50. The van der Waals surface area contributed by atoms with Gasteiger partial charge in [0.2, 0.25) is 5.91 Å². The maximum Gasteiger partial charge on any atom is 0.231 e. The molecule has 0 radical (unpaired) electrons. The molecule has 0 spiro atoms. The van der Waals surface area contributed by atoms with Crippen molar-refractivity contribution in [2.45, 2.75) is 13.0 Å². The molecule has 1 amide bonds. The van der Waals surface area contributed by atoms with Gasteiger partial charge in [-0.2, -0.15) is 0 Å². The fraction of sp³-hybridized carbons (Fsp3) is 0.417. The van der Waals surface area contributed by atoms with Gasteiger partial charge in [0.1, 0.15) is 11.5 Å². The van der Waals surface area contributed by atoms with Gasteiger partial charge >= 0.3 is 0 Å². The predicted molar refractivity (Wildman–Crippen MR) is 62.0 cm³/mol. The van der Waals surface area contributed by atoms with E-state index in [0.29, 0.717) is 0 Å². The van der Waals surface area contributed by atoms with E-state index in [1.54, 1.807) is 0 Å². The van der Waals surface area contributed by atoms with Gasteiger partial charge in [-0.15, -0.1) is 0 Å². The first-order valence-corrected chi connectivity index (χ1v) is 5.59. The van der Waals surface area contributed by atoms with Gasteiger partial charge in [0.25, 0.3) is 0 Å². The Kier molecular flexibility index (Phi) is 3.58. The predicted octanol–water partition coefficient (Wildman–Crippen LogP) is 1.19. The summed E-state index contributed by atoms with van der Waals surface area (Å²) in [6, 6.07) is 1.98. The molecule has 1 saturated heterocycles. The maximum absolute atomic E-state index is 13.7. The molecule has 3 N–H and O–H groups in total. The van der Waals surface area contributed by atoms with Crippen LogP contribution in [0, 0.1) is 24.5 Å². The third-order valence-corrected chi connectivity index (χ3v) is 2.99. The van der Waals surface area contributed by atoms with Crippen LogP contribution in [-0.4, -0.2) is 25.2 Å². The van der Waals surface area contributed by atoms with Crippen molar-refractivity contribution in [2.24, 2.45) is 11.7 Å². The second-order valence-electron chi connectivity index (χ2n) is 4.35. The number of benzene rings is 1. The number of nitrogens with one attached hydrogen (secondary N) is 1. The summed E-state index contributed by atoms with van der Waals surface area (Å²) < 4.78 is 32.2. The van der Waals surface area contributed by atoms with Crippen LogP contribution < -0.4 is 11.1 Å². The zero-order chi connectivity index (χ0) is 13.3. The molecule has 1 heterocycles. The Labute approximate surface area is 103 Å². The molecule has 0 saturated carbocycles. The van der Waals surface area contributed by atoms with Crippen molar-refractivity contribution >= 4 is 11.6 Å². The zero-order valence-corrected chi connectivity index (χ0v) is 9.87. The number of hydrogen-bond acceptors (Lipinski definition) is 3. The molecule has 2 unspecified atom stereocenters. The van der Waals surface area contributed by atoms with Gasteiger partial charge in [-0.05, 0) is 18.6 Å². The number of anilines is 1. The van der Waals surface area contributed by atoms with Crippen LogP contribution in [-0.2, 0) is 9.53 Å². The highest BCUT2D eigenvalue weighted by molar-refractivity contribution is 5.93. The van der Waals surface area contributed by atoms with Crippen LogP contribution in [0.2, 0.25) is 0 Å². The molecule has 0 bridgehead atoms. The van der Waals surface area contributed by atoms with Crippen molar-refractivity contribution in [1.29, 1.82) is 0 Å². The number of hydrogen-bond donors (Lipinski definition) is 2. The quantitative estimate of drug-likeness (QED) is 0.835. The molecular formula is C12H14F2N2O2. The summed E-state index contributed by atoms with van der Waals surface area (Å²) in [6.45, 7) is 1.94. The number of aryl methyl sites for hydroxylation is 1. The zero-order valence-electron chi connectivity index (χ0n) is 9.87. The van der Waals surface area contributed by atoms with Gasteiger partial charge in [0.05, 0.1) is 19.1 Å². The van der Waals surface area contributed by atoms with Crippen LogP contribution in [0.1, 0.15) is 5.56 Å². The Morgan fingerprint density at radius 2 is 2.17 bits per heavy atom. The summed E-state index contributed by atoms with van der Waals surface area (Å²) >= 11 is 0. The van der Waals surface area contributed by atoms with Crippen LogP contribution in [0.3, 0.4) is 0 Å². The largest absolute Gasteiger partial charge is 0.379 e. The Morgan fingerprint density at radius 1 is 1.44 bits per heavy atom. The maximum atomic E-state index is 13.7. The van der Waals surface area contributed by atoms with Gasteiger partial charge in [0.15, 0.2) is 5.82 Å². The van der Waals surface area contributed by atoms with Gasteiger partial charge < -0.3 is 15.8 Å². The summed E-state index contributed by atoms with van der Waals surface area (Å²) in [5.41, 5.74) is 5.50. The number of rotatable bonds is 2. The molecule has 1 aromatic rings. The number of carbonyl (C=O) groups is 1. The van der Waals surface area contributed by atoms with E-state index < -0.39 is 35.2 Å². The van der Waals surface area contributed by atoms with Crippen molar-refractivity contribution in [2.75, 3.05) is 18.5 Å². The highest BCUT2D eigenvalue weighted by atomic mass is 19.1. The summed E-state index contributed by atoms with van der Waals surface area (Å²) in [5, 5.41) is 2.24. The Bertz CT molecular complexity index is 479. The van der Waals surface area contributed by atoms with Crippen molar-refractivity contribution in [3.63, 3.8) is 0 Å². The second-order valence-corrected chi connectivity index (χ2v) is 4.35. The number of ether oxygens (including phenoxy) is 1. The molecule has 0 aromatic heterocycles. The van der Waals surface area contributed by atoms with E-state index in [0.717, 1.165) is 6.07 Å². The molecule has 2 rings (SSSR count).